The first-order valence-corrected chi connectivity index (χ1v) is 8.52. The van der Waals surface area contributed by atoms with Gasteiger partial charge < -0.3 is 19.4 Å². The topological polar surface area (TPSA) is 56.8 Å². The Labute approximate surface area is 145 Å². The molecule has 0 atom stereocenters. The second-order valence-electron chi connectivity index (χ2n) is 7.37. The van der Waals surface area contributed by atoms with Crippen molar-refractivity contribution in [1.29, 1.82) is 0 Å². The molecular weight excluding hydrogens is 305 g/mol. The van der Waals surface area contributed by atoms with Gasteiger partial charge in [0.25, 0.3) is 5.91 Å². The molecule has 0 unspecified atom stereocenters. The minimum Gasteiger partial charge on any atom is -0.491 e. The lowest BCUT2D eigenvalue weighted by Crippen LogP contribution is -2.41. The Balaban J connectivity index is 2.37. The molecule has 1 aliphatic heterocycles. The van der Waals surface area contributed by atoms with E-state index >= 15 is 0 Å². The molecule has 0 radical (unpaired) electrons. The second kappa shape index (κ2) is 6.77. The predicted octanol–water partition coefficient (Wildman–Crippen LogP) is 2.52. The number of hydrogen-bond acceptors (Lipinski definition) is 4. The van der Waals surface area contributed by atoms with Gasteiger partial charge in [0.05, 0.1) is 17.3 Å². The molecule has 5 nitrogen and oxygen atoms in total. The quantitative estimate of drug-likeness (QED) is 0.842. The molecule has 1 N–H and O–H groups in total. The van der Waals surface area contributed by atoms with Crippen LogP contribution in [0, 0.1) is 0 Å². The van der Waals surface area contributed by atoms with E-state index in [2.05, 4.69) is 5.32 Å². The summed E-state index contributed by atoms with van der Waals surface area (Å²) in [5.41, 5.74) is 0.513. The number of ether oxygens (including phenoxy) is 1. The molecule has 1 amide bonds. The number of hydrogen-bond donors (Lipinski definition) is 1. The van der Waals surface area contributed by atoms with Crippen molar-refractivity contribution >= 4 is 18.5 Å². The number of carbonyl (C=O) groups is 1. The predicted molar refractivity (Wildman–Crippen MR) is 95.9 cm³/mol. The van der Waals surface area contributed by atoms with Crippen LogP contribution in [0.1, 0.15) is 58.8 Å². The largest absolute Gasteiger partial charge is 0.498 e. The summed E-state index contributed by atoms with van der Waals surface area (Å²) < 4.78 is 18.2. The van der Waals surface area contributed by atoms with Gasteiger partial charge in [0.15, 0.2) is 0 Å². The lowest BCUT2D eigenvalue weighted by molar-refractivity contribution is 0.00578. The van der Waals surface area contributed by atoms with Gasteiger partial charge in [-0.3, -0.25) is 4.79 Å². The van der Waals surface area contributed by atoms with Gasteiger partial charge in [0.2, 0.25) is 0 Å². The molecule has 2 rings (SSSR count). The molecule has 0 saturated carbocycles. The Morgan fingerprint density at radius 2 is 1.79 bits per heavy atom. The SMILES string of the molecule is CCNC(=O)c1ccc(B2OC(C)(C)C(C)(C)O2)c(OC(C)C)c1. The van der Waals surface area contributed by atoms with E-state index in [0.29, 0.717) is 17.9 Å². The molecule has 0 spiro atoms. The molecule has 1 aliphatic rings. The van der Waals surface area contributed by atoms with E-state index in [9.17, 15) is 4.79 Å². The fourth-order valence-electron chi connectivity index (χ4n) is 2.46. The van der Waals surface area contributed by atoms with E-state index in [1.165, 1.54) is 0 Å². The maximum atomic E-state index is 12.1. The number of amides is 1. The van der Waals surface area contributed by atoms with E-state index in [-0.39, 0.29) is 12.0 Å². The maximum absolute atomic E-state index is 12.1. The van der Waals surface area contributed by atoms with Gasteiger partial charge in [-0.2, -0.15) is 0 Å². The highest BCUT2D eigenvalue weighted by Gasteiger charge is 2.52. The van der Waals surface area contributed by atoms with Gasteiger partial charge >= 0.3 is 7.12 Å². The zero-order valence-electron chi connectivity index (χ0n) is 15.7. The molecule has 1 aromatic carbocycles. The molecule has 132 valence electrons. The first-order chi connectivity index (χ1) is 11.1. The van der Waals surface area contributed by atoms with Gasteiger partial charge in [-0.1, -0.05) is 6.07 Å². The van der Waals surface area contributed by atoms with Gasteiger partial charge in [-0.25, -0.2) is 0 Å². The van der Waals surface area contributed by atoms with Crippen molar-refractivity contribution in [2.24, 2.45) is 0 Å². The minimum atomic E-state index is -0.521. The van der Waals surface area contributed by atoms with Crippen LogP contribution in [0.2, 0.25) is 0 Å². The van der Waals surface area contributed by atoms with Crippen molar-refractivity contribution < 1.29 is 18.8 Å². The van der Waals surface area contributed by atoms with Crippen molar-refractivity contribution in [1.82, 2.24) is 5.32 Å². The number of nitrogens with one attached hydrogen (secondary N) is 1. The van der Waals surface area contributed by atoms with Crippen LogP contribution < -0.4 is 15.5 Å². The molecule has 1 aromatic rings. The monoisotopic (exact) mass is 333 g/mol. The molecule has 0 aromatic heterocycles. The Hall–Kier alpha value is -1.53. The number of benzene rings is 1. The smallest absolute Gasteiger partial charge is 0.491 e. The van der Waals surface area contributed by atoms with Gasteiger partial charge in [0.1, 0.15) is 5.75 Å². The lowest BCUT2D eigenvalue weighted by atomic mass is 9.78. The highest BCUT2D eigenvalue weighted by atomic mass is 16.7. The summed E-state index contributed by atoms with van der Waals surface area (Å²) >= 11 is 0. The zero-order valence-corrected chi connectivity index (χ0v) is 15.7. The fraction of sp³-hybridized carbons (Fsp3) is 0.611. The summed E-state index contributed by atoms with van der Waals surface area (Å²) in [6.07, 6.45) is -0.0179. The standard InChI is InChI=1S/C18H28BNO4/c1-8-20-16(21)13-9-10-14(15(11-13)22-12(2)3)19-23-17(4,5)18(6,7)24-19/h9-12H,8H2,1-7H3,(H,20,21). The molecular formula is C18H28BNO4. The summed E-state index contributed by atoms with van der Waals surface area (Å²) in [6, 6.07) is 5.38. The van der Waals surface area contributed by atoms with Crippen molar-refractivity contribution in [3.05, 3.63) is 23.8 Å². The first-order valence-electron chi connectivity index (χ1n) is 8.52. The third kappa shape index (κ3) is 3.76. The van der Waals surface area contributed by atoms with Crippen LogP contribution in [0.15, 0.2) is 18.2 Å². The minimum absolute atomic E-state index is 0.0179. The molecule has 24 heavy (non-hydrogen) atoms. The Morgan fingerprint density at radius 1 is 1.21 bits per heavy atom. The van der Waals surface area contributed by atoms with Gasteiger partial charge in [0, 0.05) is 17.6 Å². The van der Waals surface area contributed by atoms with Crippen LogP contribution in [0.4, 0.5) is 0 Å². The van der Waals surface area contributed by atoms with Gasteiger partial charge in [-0.15, -0.1) is 0 Å². The number of rotatable bonds is 5. The Morgan fingerprint density at radius 3 is 2.29 bits per heavy atom. The summed E-state index contributed by atoms with van der Waals surface area (Å²) in [5, 5.41) is 2.80. The van der Waals surface area contributed by atoms with Gasteiger partial charge in [-0.05, 0) is 60.6 Å². The van der Waals surface area contributed by atoms with Crippen molar-refractivity contribution in [2.45, 2.75) is 65.8 Å². The molecule has 1 heterocycles. The summed E-state index contributed by atoms with van der Waals surface area (Å²) in [5.74, 6) is 0.499. The maximum Gasteiger partial charge on any atom is 0.498 e. The Bertz CT molecular complexity index is 597. The van der Waals surface area contributed by atoms with E-state index in [0.717, 1.165) is 5.46 Å². The summed E-state index contributed by atoms with van der Waals surface area (Å²) in [6.45, 7) is 14.4. The second-order valence-corrected chi connectivity index (χ2v) is 7.37. The fourth-order valence-corrected chi connectivity index (χ4v) is 2.46. The average molecular weight is 333 g/mol. The highest BCUT2D eigenvalue weighted by molar-refractivity contribution is 6.63. The molecule has 1 fully saturated rings. The summed E-state index contributed by atoms with van der Waals surface area (Å²) in [4.78, 5) is 12.1. The van der Waals surface area contributed by atoms with Crippen molar-refractivity contribution in [3.63, 3.8) is 0 Å². The molecule has 0 aliphatic carbocycles. The zero-order chi connectivity index (χ0) is 18.1. The number of carbonyl (C=O) groups excluding carboxylic acids is 1. The van der Waals surface area contributed by atoms with Crippen molar-refractivity contribution in [3.8, 4) is 5.75 Å². The Kier molecular flexibility index (Phi) is 5.30. The van der Waals surface area contributed by atoms with E-state index in [1.54, 1.807) is 12.1 Å². The molecule has 1 saturated heterocycles. The highest BCUT2D eigenvalue weighted by Crippen LogP contribution is 2.37. The van der Waals surface area contributed by atoms with Crippen LogP contribution >= 0.6 is 0 Å². The van der Waals surface area contributed by atoms with Crippen LogP contribution in [0.5, 0.6) is 5.75 Å². The van der Waals surface area contributed by atoms with E-state index < -0.39 is 18.3 Å². The first kappa shape index (κ1) is 18.8. The third-order valence-corrected chi connectivity index (χ3v) is 4.48. The third-order valence-electron chi connectivity index (χ3n) is 4.48. The summed E-state index contributed by atoms with van der Waals surface area (Å²) in [7, 11) is -0.521. The van der Waals surface area contributed by atoms with Crippen molar-refractivity contribution in [2.75, 3.05) is 6.54 Å². The van der Waals surface area contributed by atoms with E-state index in [1.807, 2.05) is 54.5 Å². The molecule has 0 bridgehead atoms. The van der Waals surface area contributed by atoms with Crippen LogP contribution in [-0.2, 0) is 9.31 Å². The lowest BCUT2D eigenvalue weighted by Gasteiger charge is -2.32. The van der Waals surface area contributed by atoms with Crippen LogP contribution in [0.3, 0.4) is 0 Å². The van der Waals surface area contributed by atoms with Crippen LogP contribution in [0.25, 0.3) is 0 Å². The normalized spacial score (nSPS) is 18.8. The van der Waals surface area contributed by atoms with Crippen LogP contribution in [-0.4, -0.2) is 36.9 Å². The molecule has 6 heteroatoms. The van der Waals surface area contributed by atoms with E-state index in [4.69, 9.17) is 14.0 Å². The average Bonchev–Trinajstić information content (AvgIpc) is 2.66.